The molecule has 1 aromatic carbocycles. The van der Waals surface area contributed by atoms with E-state index in [9.17, 15) is 4.79 Å². The summed E-state index contributed by atoms with van der Waals surface area (Å²) in [5.74, 6) is 0.0694. The monoisotopic (exact) mass is 171 g/mol. The molecule has 60 valence electrons. The van der Waals surface area contributed by atoms with Gasteiger partial charge in [-0.3, -0.25) is 4.79 Å². The molecular formula is C8H10ClNO. The quantitative estimate of drug-likeness (QED) is 0.518. The third-order valence-corrected chi connectivity index (χ3v) is 1.32. The standard InChI is InChI=1S/C8H9NO.ClH/c1-6(10)7-2-4-8(9)5-3-7;/h2-5H,9H2,1H3;1H. The van der Waals surface area contributed by atoms with Gasteiger partial charge in [0.15, 0.2) is 5.78 Å². The first-order valence-corrected chi connectivity index (χ1v) is 3.06. The first-order valence-electron chi connectivity index (χ1n) is 3.06. The van der Waals surface area contributed by atoms with Crippen molar-refractivity contribution >= 4 is 23.9 Å². The van der Waals surface area contributed by atoms with Crippen molar-refractivity contribution in [2.75, 3.05) is 5.73 Å². The Morgan fingerprint density at radius 2 is 1.73 bits per heavy atom. The van der Waals surface area contributed by atoms with E-state index in [0.717, 1.165) is 0 Å². The summed E-state index contributed by atoms with van der Waals surface area (Å²) in [6.45, 7) is 1.53. The molecule has 3 heteroatoms. The summed E-state index contributed by atoms with van der Waals surface area (Å²) in [5, 5.41) is 0. The second-order valence-electron chi connectivity index (χ2n) is 2.18. The van der Waals surface area contributed by atoms with Gasteiger partial charge in [-0.15, -0.1) is 12.4 Å². The maximum Gasteiger partial charge on any atom is 0.159 e. The Balaban J connectivity index is 0.000001000. The van der Waals surface area contributed by atoms with Gasteiger partial charge in [0.25, 0.3) is 0 Å². The summed E-state index contributed by atoms with van der Waals surface area (Å²) in [7, 11) is 0. The Morgan fingerprint density at radius 3 is 2.09 bits per heavy atom. The van der Waals surface area contributed by atoms with E-state index in [1.807, 2.05) is 0 Å². The van der Waals surface area contributed by atoms with Crippen molar-refractivity contribution in [3.63, 3.8) is 0 Å². The van der Waals surface area contributed by atoms with Crippen LogP contribution in [-0.4, -0.2) is 5.78 Å². The van der Waals surface area contributed by atoms with Crippen molar-refractivity contribution in [1.82, 2.24) is 0 Å². The minimum absolute atomic E-state index is 0. The Labute approximate surface area is 71.8 Å². The minimum Gasteiger partial charge on any atom is -0.399 e. The number of hydrogen-bond acceptors (Lipinski definition) is 2. The van der Waals surface area contributed by atoms with Crippen LogP contribution in [0.5, 0.6) is 0 Å². The summed E-state index contributed by atoms with van der Waals surface area (Å²) in [6.07, 6.45) is 0. The highest BCUT2D eigenvalue weighted by atomic mass is 35.5. The van der Waals surface area contributed by atoms with Crippen LogP contribution >= 0.6 is 12.4 Å². The number of Topliss-reactive ketones (excluding diaryl/α,β-unsaturated/α-hetero) is 1. The van der Waals surface area contributed by atoms with E-state index < -0.39 is 0 Å². The average molecular weight is 172 g/mol. The zero-order valence-electron chi connectivity index (χ0n) is 6.20. The molecule has 0 aliphatic rings. The first kappa shape index (κ1) is 9.98. The number of nitrogens with two attached hydrogens (primary N) is 1. The maximum atomic E-state index is 10.7. The van der Waals surface area contributed by atoms with Gasteiger partial charge in [0.2, 0.25) is 0 Å². The number of anilines is 1. The topological polar surface area (TPSA) is 43.1 Å². The van der Waals surface area contributed by atoms with Gasteiger partial charge in [0, 0.05) is 11.3 Å². The number of benzene rings is 1. The molecule has 0 unspecified atom stereocenters. The van der Waals surface area contributed by atoms with Crippen molar-refractivity contribution in [3.05, 3.63) is 29.8 Å². The first-order chi connectivity index (χ1) is 4.70. The van der Waals surface area contributed by atoms with Gasteiger partial charge in [-0.2, -0.15) is 0 Å². The molecule has 2 N–H and O–H groups in total. The SMILES string of the molecule is CC(=O)c1ccc(N)cc1.Cl. The van der Waals surface area contributed by atoms with E-state index in [-0.39, 0.29) is 18.2 Å². The highest BCUT2D eigenvalue weighted by molar-refractivity contribution is 5.94. The molecule has 0 amide bonds. The molecule has 0 aromatic heterocycles. The third-order valence-electron chi connectivity index (χ3n) is 1.32. The van der Waals surface area contributed by atoms with Gasteiger partial charge in [-0.05, 0) is 31.2 Å². The van der Waals surface area contributed by atoms with E-state index in [1.165, 1.54) is 6.92 Å². The van der Waals surface area contributed by atoms with E-state index in [4.69, 9.17) is 5.73 Å². The molecule has 2 nitrogen and oxygen atoms in total. The van der Waals surface area contributed by atoms with Crippen LogP contribution in [0, 0.1) is 0 Å². The fourth-order valence-corrected chi connectivity index (χ4v) is 0.718. The summed E-state index contributed by atoms with van der Waals surface area (Å²) in [5.41, 5.74) is 6.80. The summed E-state index contributed by atoms with van der Waals surface area (Å²) in [6, 6.07) is 6.88. The van der Waals surface area contributed by atoms with E-state index in [0.29, 0.717) is 11.3 Å². The van der Waals surface area contributed by atoms with Crippen LogP contribution in [-0.2, 0) is 0 Å². The number of nitrogen functional groups attached to an aromatic ring is 1. The number of carbonyl (C=O) groups excluding carboxylic acids is 1. The Bertz CT molecular complexity index is 243. The Hall–Kier alpha value is -1.02. The largest absolute Gasteiger partial charge is 0.399 e. The van der Waals surface area contributed by atoms with Crippen LogP contribution in [0.1, 0.15) is 17.3 Å². The molecule has 11 heavy (non-hydrogen) atoms. The second-order valence-corrected chi connectivity index (χ2v) is 2.18. The summed E-state index contributed by atoms with van der Waals surface area (Å²) in [4.78, 5) is 10.7. The van der Waals surface area contributed by atoms with E-state index in [1.54, 1.807) is 24.3 Å². The summed E-state index contributed by atoms with van der Waals surface area (Å²) >= 11 is 0. The van der Waals surface area contributed by atoms with Gasteiger partial charge < -0.3 is 5.73 Å². The van der Waals surface area contributed by atoms with Crippen molar-refractivity contribution in [2.24, 2.45) is 0 Å². The van der Waals surface area contributed by atoms with Gasteiger partial charge in [-0.25, -0.2) is 0 Å². The summed E-state index contributed by atoms with van der Waals surface area (Å²) < 4.78 is 0. The van der Waals surface area contributed by atoms with Crippen LogP contribution in [0.4, 0.5) is 5.69 Å². The molecule has 0 heterocycles. The van der Waals surface area contributed by atoms with Crippen molar-refractivity contribution in [1.29, 1.82) is 0 Å². The fraction of sp³-hybridized carbons (Fsp3) is 0.125. The van der Waals surface area contributed by atoms with Crippen LogP contribution in [0.15, 0.2) is 24.3 Å². The smallest absolute Gasteiger partial charge is 0.159 e. The van der Waals surface area contributed by atoms with E-state index >= 15 is 0 Å². The zero-order valence-corrected chi connectivity index (χ0v) is 7.02. The molecule has 0 aliphatic heterocycles. The van der Waals surface area contributed by atoms with Crippen LogP contribution in [0.3, 0.4) is 0 Å². The molecule has 1 aromatic rings. The molecule has 0 aliphatic carbocycles. The lowest BCUT2D eigenvalue weighted by atomic mass is 10.1. The predicted molar refractivity (Wildman–Crippen MR) is 48.1 cm³/mol. The van der Waals surface area contributed by atoms with Crippen molar-refractivity contribution in [3.8, 4) is 0 Å². The molecule has 0 spiro atoms. The lowest BCUT2D eigenvalue weighted by Crippen LogP contribution is -1.91. The molecule has 0 radical (unpaired) electrons. The zero-order chi connectivity index (χ0) is 7.56. The fourth-order valence-electron chi connectivity index (χ4n) is 0.718. The number of ketones is 1. The highest BCUT2D eigenvalue weighted by Crippen LogP contribution is 2.05. The number of hydrogen-bond donors (Lipinski definition) is 1. The third kappa shape index (κ3) is 2.60. The molecular weight excluding hydrogens is 162 g/mol. The number of carbonyl (C=O) groups is 1. The van der Waals surface area contributed by atoms with Crippen LogP contribution < -0.4 is 5.73 Å². The van der Waals surface area contributed by atoms with Crippen molar-refractivity contribution in [2.45, 2.75) is 6.92 Å². The predicted octanol–water partition coefficient (Wildman–Crippen LogP) is 1.89. The van der Waals surface area contributed by atoms with E-state index in [2.05, 4.69) is 0 Å². The van der Waals surface area contributed by atoms with Gasteiger partial charge in [0.05, 0.1) is 0 Å². The molecule has 1 rings (SSSR count). The number of rotatable bonds is 1. The molecule has 0 saturated carbocycles. The van der Waals surface area contributed by atoms with Crippen LogP contribution in [0.25, 0.3) is 0 Å². The van der Waals surface area contributed by atoms with Gasteiger partial charge in [-0.1, -0.05) is 0 Å². The minimum atomic E-state index is 0. The average Bonchev–Trinajstić information content (AvgIpc) is 1.88. The Kier molecular flexibility index (Phi) is 3.61. The normalized spacial score (nSPS) is 8.45. The van der Waals surface area contributed by atoms with Crippen molar-refractivity contribution < 1.29 is 4.79 Å². The van der Waals surface area contributed by atoms with Gasteiger partial charge in [0.1, 0.15) is 0 Å². The molecule has 0 bridgehead atoms. The molecule has 0 saturated heterocycles. The van der Waals surface area contributed by atoms with Gasteiger partial charge >= 0.3 is 0 Å². The second kappa shape index (κ2) is 3.98. The van der Waals surface area contributed by atoms with Crippen LogP contribution in [0.2, 0.25) is 0 Å². The Morgan fingerprint density at radius 1 is 1.27 bits per heavy atom. The molecule has 0 fully saturated rings. The lowest BCUT2D eigenvalue weighted by molar-refractivity contribution is 0.101. The molecule has 0 atom stereocenters. The maximum absolute atomic E-state index is 10.7. The highest BCUT2D eigenvalue weighted by Gasteiger charge is 1.95. The number of halogens is 1. The lowest BCUT2D eigenvalue weighted by Gasteiger charge is -1.94.